The van der Waals surface area contributed by atoms with Gasteiger partial charge in [0.15, 0.2) is 5.75 Å². The second kappa shape index (κ2) is 4.10. The Balaban J connectivity index is 2.29. The molecule has 1 aromatic heterocycles. The lowest BCUT2D eigenvalue weighted by molar-refractivity contribution is 0.0995. The van der Waals surface area contributed by atoms with Crippen molar-refractivity contribution in [1.29, 1.82) is 0 Å². The van der Waals surface area contributed by atoms with Crippen molar-refractivity contribution in [1.82, 2.24) is 4.98 Å². The Morgan fingerprint density at radius 1 is 1.67 bits per heavy atom. The molecule has 1 aliphatic carbocycles. The number of primary amides is 1. The molecule has 2 rings (SSSR count). The highest BCUT2D eigenvalue weighted by Gasteiger charge is 2.25. The van der Waals surface area contributed by atoms with E-state index >= 15 is 0 Å². The molecular formula is C10H12N2O2S. The van der Waals surface area contributed by atoms with Gasteiger partial charge in [-0.05, 0) is 25.2 Å². The molecule has 1 aromatic rings. The van der Waals surface area contributed by atoms with Gasteiger partial charge < -0.3 is 10.5 Å². The Kier molecular flexibility index (Phi) is 2.81. The minimum absolute atomic E-state index is 0.241. The lowest BCUT2D eigenvalue weighted by Gasteiger charge is -2.08. The third-order valence-electron chi connectivity index (χ3n) is 2.13. The van der Waals surface area contributed by atoms with E-state index in [-0.39, 0.29) is 6.10 Å². The molecule has 0 aliphatic heterocycles. The van der Waals surface area contributed by atoms with Gasteiger partial charge in [-0.2, -0.15) is 0 Å². The van der Waals surface area contributed by atoms with Gasteiger partial charge >= 0.3 is 0 Å². The third kappa shape index (κ3) is 2.41. The maximum atomic E-state index is 11.2. The van der Waals surface area contributed by atoms with E-state index in [9.17, 15) is 4.79 Å². The molecule has 1 amide bonds. The van der Waals surface area contributed by atoms with Crippen LogP contribution < -0.4 is 10.5 Å². The largest absolute Gasteiger partial charge is 0.488 e. The van der Waals surface area contributed by atoms with E-state index in [1.54, 1.807) is 12.3 Å². The van der Waals surface area contributed by atoms with Crippen LogP contribution in [0.2, 0.25) is 0 Å². The van der Waals surface area contributed by atoms with Gasteiger partial charge in [-0.15, -0.1) is 11.8 Å². The number of ether oxygens (including phenoxy) is 1. The van der Waals surface area contributed by atoms with Crippen molar-refractivity contribution < 1.29 is 9.53 Å². The topological polar surface area (TPSA) is 65.2 Å². The van der Waals surface area contributed by atoms with Crippen molar-refractivity contribution >= 4 is 17.7 Å². The fourth-order valence-corrected chi connectivity index (χ4v) is 1.58. The van der Waals surface area contributed by atoms with Gasteiger partial charge in [0.05, 0.1) is 22.9 Å². The Morgan fingerprint density at radius 2 is 2.40 bits per heavy atom. The summed E-state index contributed by atoms with van der Waals surface area (Å²) in [6.45, 7) is 0. The monoisotopic (exact) mass is 224 g/mol. The summed E-state index contributed by atoms with van der Waals surface area (Å²) in [4.78, 5) is 15.3. The van der Waals surface area contributed by atoms with E-state index in [4.69, 9.17) is 10.5 Å². The van der Waals surface area contributed by atoms with Crippen LogP contribution >= 0.6 is 11.8 Å². The van der Waals surface area contributed by atoms with Crippen LogP contribution in [0.25, 0.3) is 0 Å². The molecule has 2 N–H and O–H groups in total. The number of nitrogens with zero attached hydrogens (tertiary/aromatic N) is 1. The number of carbonyl (C=O) groups excluding carboxylic acids is 1. The number of amides is 1. The number of aromatic nitrogens is 1. The normalized spacial score (nSPS) is 15.0. The van der Waals surface area contributed by atoms with Crippen molar-refractivity contribution in [3.63, 3.8) is 0 Å². The molecule has 1 saturated carbocycles. The van der Waals surface area contributed by atoms with Crippen LogP contribution in [0, 0.1) is 0 Å². The van der Waals surface area contributed by atoms with Crippen molar-refractivity contribution in [3.05, 3.63) is 17.8 Å². The summed E-state index contributed by atoms with van der Waals surface area (Å²) >= 11 is 1.47. The summed E-state index contributed by atoms with van der Waals surface area (Å²) in [6, 6.07) is 1.67. The zero-order valence-electron chi connectivity index (χ0n) is 8.40. The van der Waals surface area contributed by atoms with Crippen LogP contribution in [0.3, 0.4) is 0 Å². The van der Waals surface area contributed by atoms with Gasteiger partial charge in [-0.25, -0.2) is 4.98 Å². The molecule has 5 heteroatoms. The highest BCUT2D eigenvalue weighted by molar-refractivity contribution is 7.98. The first-order valence-corrected chi connectivity index (χ1v) is 5.93. The molecule has 80 valence electrons. The summed E-state index contributed by atoms with van der Waals surface area (Å²) in [6.07, 6.45) is 5.80. The second-order valence-electron chi connectivity index (χ2n) is 3.40. The SMILES string of the molecule is CSc1cc(C(N)=O)c(OC2CC2)cn1. The van der Waals surface area contributed by atoms with Crippen molar-refractivity contribution in [2.24, 2.45) is 5.73 Å². The predicted octanol–water partition coefficient (Wildman–Crippen LogP) is 1.44. The van der Waals surface area contributed by atoms with Crippen LogP contribution in [0.5, 0.6) is 5.75 Å². The number of rotatable bonds is 4. The molecule has 0 saturated heterocycles. The number of nitrogens with two attached hydrogens (primary N) is 1. The maximum absolute atomic E-state index is 11.2. The summed E-state index contributed by atoms with van der Waals surface area (Å²) in [7, 11) is 0. The maximum Gasteiger partial charge on any atom is 0.252 e. The molecule has 1 fully saturated rings. The highest BCUT2D eigenvalue weighted by Crippen LogP contribution is 2.29. The number of pyridine rings is 1. The first-order valence-electron chi connectivity index (χ1n) is 4.71. The minimum Gasteiger partial charge on any atom is -0.488 e. The molecule has 0 spiro atoms. The second-order valence-corrected chi connectivity index (χ2v) is 4.23. The Morgan fingerprint density at radius 3 is 2.93 bits per heavy atom. The van der Waals surface area contributed by atoms with Gasteiger partial charge in [0.1, 0.15) is 0 Å². The van der Waals surface area contributed by atoms with E-state index in [2.05, 4.69) is 4.98 Å². The van der Waals surface area contributed by atoms with Crippen LogP contribution in [0.15, 0.2) is 17.3 Å². The van der Waals surface area contributed by atoms with E-state index in [1.165, 1.54) is 11.8 Å². The fourth-order valence-electron chi connectivity index (χ4n) is 1.19. The molecule has 4 nitrogen and oxygen atoms in total. The van der Waals surface area contributed by atoms with Gasteiger partial charge in [0.25, 0.3) is 5.91 Å². The van der Waals surface area contributed by atoms with E-state index in [1.807, 2.05) is 6.26 Å². The summed E-state index contributed by atoms with van der Waals surface area (Å²) in [5.74, 6) is 0.0335. The minimum atomic E-state index is -0.469. The first-order chi connectivity index (χ1) is 7.20. The van der Waals surface area contributed by atoms with Crippen LogP contribution in [-0.4, -0.2) is 23.3 Å². The lowest BCUT2D eigenvalue weighted by atomic mass is 10.2. The van der Waals surface area contributed by atoms with Gasteiger partial charge in [0, 0.05) is 0 Å². The molecule has 0 radical (unpaired) electrons. The molecule has 1 heterocycles. The standard InChI is InChI=1S/C10H12N2O2S/c1-15-9-4-7(10(11)13)8(5-12-9)14-6-2-3-6/h4-6H,2-3H2,1H3,(H2,11,13). The van der Waals surface area contributed by atoms with E-state index in [0.717, 1.165) is 17.9 Å². The molecule has 0 aromatic carbocycles. The molecule has 1 aliphatic rings. The van der Waals surface area contributed by atoms with Crippen molar-refractivity contribution in [3.8, 4) is 5.75 Å². The number of thioether (sulfide) groups is 1. The van der Waals surface area contributed by atoms with Crippen LogP contribution in [0.1, 0.15) is 23.2 Å². The van der Waals surface area contributed by atoms with E-state index < -0.39 is 5.91 Å². The Hall–Kier alpha value is -1.23. The molecule has 0 unspecified atom stereocenters. The number of hydrogen-bond donors (Lipinski definition) is 1. The zero-order valence-corrected chi connectivity index (χ0v) is 9.21. The molecule has 15 heavy (non-hydrogen) atoms. The van der Waals surface area contributed by atoms with Crippen molar-refractivity contribution in [2.75, 3.05) is 6.26 Å². The number of carbonyl (C=O) groups is 1. The summed E-state index contributed by atoms with van der Waals surface area (Å²) in [5, 5.41) is 0.770. The van der Waals surface area contributed by atoms with Gasteiger partial charge in [-0.3, -0.25) is 4.79 Å². The van der Waals surface area contributed by atoms with Crippen molar-refractivity contribution in [2.45, 2.75) is 24.0 Å². The predicted molar refractivity (Wildman–Crippen MR) is 58.2 cm³/mol. The Labute approximate surface area is 92.2 Å². The smallest absolute Gasteiger partial charge is 0.252 e. The van der Waals surface area contributed by atoms with Gasteiger partial charge in [-0.1, -0.05) is 0 Å². The Bertz CT molecular complexity index is 391. The average molecular weight is 224 g/mol. The van der Waals surface area contributed by atoms with Crippen LogP contribution in [-0.2, 0) is 0 Å². The molecule has 0 bridgehead atoms. The molecular weight excluding hydrogens is 212 g/mol. The first kappa shape index (κ1) is 10.3. The molecule has 0 atom stereocenters. The van der Waals surface area contributed by atoms with Gasteiger partial charge in [0.2, 0.25) is 0 Å². The lowest BCUT2D eigenvalue weighted by Crippen LogP contribution is -2.14. The zero-order chi connectivity index (χ0) is 10.8. The summed E-state index contributed by atoms with van der Waals surface area (Å²) in [5.41, 5.74) is 5.70. The summed E-state index contributed by atoms with van der Waals surface area (Å²) < 4.78 is 5.54. The van der Waals surface area contributed by atoms with E-state index in [0.29, 0.717) is 11.3 Å². The third-order valence-corrected chi connectivity index (χ3v) is 2.78. The van der Waals surface area contributed by atoms with Crippen LogP contribution in [0.4, 0.5) is 0 Å². The highest BCUT2D eigenvalue weighted by atomic mass is 32.2. The average Bonchev–Trinajstić information content (AvgIpc) is 3.02. The quantitative estimate of drug-likeness (QED) is 0.786. The number of hydrogen-bond acceptors (Lipinski definition) is 4. The fraction of sp³-hybridized carbons (Fsp3) is 0.400.